The summed E-state index contributed by atoms with van der Waals surface area (Å²) in [5.74, 6) is -0.873. The number of rotatable bonds is 10. The van der Waals surface area contributed by atoms with Crippen molar-refractivity contribution in [2.75, 3.05) is 26.8 Å². The number of imide groups is 1. The summed E-state index contributed by atoms with van der Waals surface area (Å²) < 4.78 is 5.20. The van der Waals surface area contributed by atoms with Crippen LogP contribution in [0.5, 0.6) is 0 Å². The lowest BCUT2D eigenvalue weighted by molar-refractivity contribution is 0.0641. The monoisotopic (exact) mass is 456 g/mol. The topological polar surface area (TPSA) is 66.9 Å². The van der Waals surface area contributed by atoms with Crippen LogP contribution in [-0.2, 0) is 17.7 Å². The molecule has 0 saturated heterocycles. The van der Waals surface area contributed by atoms with E-state index in [4.69, 9.17) is 4.74 Å². The van der Waals surface area contributed by atoms with E-state index < -0.39 is 0 Å². The minimum absolute atomic E-state index is 0.172. The number of benzene rings is 3. The molecule has 0 atom stereocenters. The van der Waals surface area contributed by atoms with E-state index in [1.807, 2.05) is 48.5 Å². The smallest absolute Gasteiger partial charge is 0.261 e. The molecule has 0 bridgehead atoms. The molecule has 3 amide bonds. The standard InChI is InChI=1S/C28H28N2O4/c1-34-18-17-29(16-8-13-21-9-4-2-5-10-21)26(31)23-14-15-24-25(19-23)28(33)30(27(24)32)20-22-11-6-3-7-12-22/h2-7,9-12,14-15,19H,8,13,16-18,20H2,1H3. The van der Waals surface area contributed by atoms with Crippen LogP contribution < -0.4 is 0 Å². The molecule has 6 heteroatoms. The van der Waals surface area contributed by atoms with Crippen LogP contribution in [0, 0.1) is 0 Å². The van der Waals surface area contributed by atoms with Gasteiger partial charge >= 0.3 is 0 Å². The van der Waals surface area contributed by atoms with Crippen LogP contribution in [0.2, 0.25) is 0 Å². The SMILES string of the molecule is COCCN(CCCc1ccccc1)C(=O)c1ccc2c(c1)C(=O)N(Cc1ccccc1)C2=O. The molecular formula is C28H28N2O4. The first-order valence-electron chi connectivity index (χ1n) is 11.4. The maximum absolute atomic E-state index is 13.3. The fourth-order valence-electron chi connectivity index (χ4n) is 4.15. The molecule has 3 aromatic carbocycles. The summed E-state index contributed by atoms with van der Waals surface area (Å²) in [6.07, 6.45) is 1.68. The van der Waals surface area contributed by atoms with Gasteiger partial charge in [-0.2, -0.15) is 0 Å². The normalized spacial score (nSPS) is 12.7. The van der Waals surface area contributed by atoms with Crippen LogP contribution in [0.4, 0.5) is 0 Å². The third kappa shape index (κ3) is 5.24. The van der Waals surface area contributed by atoms with E-state index in [1.165, 1.54) is 10.5 Å². The third-order valence-corrected chi connectivity index (χ3v) is 5.99. The van der Waals surface area contributed by atoms with Crippen molar-refractivity contribution in [3.63, 3.8) is 0 Å². The van der Waals surface area contributed by atoms with Crippen molar-refractivity contribution in [1.29, 1.82) is 0 Å². The summed E-state index contributed by atoms with van der Waals surface area (Å²) >= 11 is 0. The summed E-state index contributed by atoms with van der Waals surface area (Å²) in [7, 11) is 1.60. The summed E-state index contributed by atoms with van der Waals surface area (Å²) in [5.41, 5.74) is 3.12. The molecule has 0 unspecified atom stereocenters. The second-order valence-electron chi connectivity index (χ2n) is 8.32. The van der Waals surface area contributed by atoms with Crippen molar-refractivity contribution < 1.29 is 19.1 Å². The zero-order valence-corrected chi connectivity index (χ0v) is 19.3. The highest BCUT2D eigenvalue weighted by molar-refractivity contribution is 6.22. The molecule has 0 spiro atoms. The number of carbonyl (C=O) groups is 3. The van der Waals surface area contributed by atoms with Gasteiger partial charge in [0.05, 0.1) is 24.3 Å². The van der Waals surface area contributed by atoms with E-state index in [2.05, 4.69) is 12.1 Å². The number of hydrogen-bond donors (Lipinski definition) is 0. The second kappa shape index (κ2) is 10.9. The Labute approximate surface area is 199 Å². The van der Waals surface area contributed by atoms with Gasteiger partial charge in [0.15, 0.2) is 0 Å². The van der Waals surface area contributed by atoms with E-state index in [-0.39, 0.29) is 29.8 Å². The first-order valence-corrected chi connectivity index (χ1v) is 11.4. The van der Waals surface area contributed by atoms with Crippen LogP contribution in [0.3, 0.4) is 0 Å². The second-order valence-corrected chi connectivity index (χ2v) is 8.32. The maximum atomic E-state index is 13.3. The quantitative estimate of drug-likeness (QED) is 0.429. The lowest BCUT2D eigenvalue weighted by atomic mass is 10.0. The summed E-state index contributed by atoms with van der Waals surface area (Å²) in [6, 6.07) is 24.3. The molecule has 174 valence electrons. The molecule has 6 nitrogen and oxygen atoms in total. The van der Waals surface area contributed by atoms with Gasteiger partial charge in [-0.05, 0) is 42.2 Å². The zero-order valence-electron chi connectivity index (χ0n) is 19.3. The Morgan fingerprint density at radius 2 is 1.47 bits per heavy atom. The van der Waals surface area contributed by atoms with Gasteiger partial charge < -0.3 is 9.64 Å². The number of amides is 3. The molecule has 3 aromatic rings. The van der Waals surface area contributed by atoms with E-state index in [0.29, 0.717) is 30.8 Å². The molecule has 1 aliphatic rings. The number of methoxy groups -OCH3 is 1. The predicted octanol–water partition coefficient (Wildman–Crippen LogP) is 4.20. The number of fused-ring (bicyclic) bond motifs is 1. The zero-order chi connectivity index (χ0) is 23.9. The highest BCUT2D eigenvalue weighted by Crippen LogP contribution is 2.26. The van der Waals surface area contributed by atoms with Crippen LogP contribution in [0.1, 0.15) is 48.6 Å². The molecule has 34 heavy (non-hydrogen) atoms. The van der Waals surface area contributed by atoms with Gasteiger partial charge in [0.2, 0.25) is 0 Å². The number of aryl methyl sites for hydroxylation is 1. The van der Waals surface area contributed by atoms with Crippen molar-refractivity contribution in [2.45, 2.75) is 19.4 Å². The Morgan fingerprint density at radius 3 is 2.15 bits per heavy atom. The molecule has 0 saturated carbocycles. The average molecular weight is 457 g/mol. The first-order chi connectivity index (χ1) is 16.6. The van der Waals surface area contributed by atoms with E-state index in [1.54, 1.807) is 30.2 Å². The van der Waals surface area contributed by atoms with E-state index in [9.17, 15) is 14.4 Å². The van der Waals surface area contributed by atoms with E-state index >= 15 is 0 Å². The van der Waals surface area contributed by atoms with Crippen LogP contribution in [0.15, 0.2) is 78.9 Å². The lowest BCUT2D eigenvalue weighted by Crippen LogP contribution is -2.35. The van der Waals surface area contributed by atoms with Crippen LogP contribution >= 0.6 is 0 Å². The largest absolute Gasteiger partial charge is 0.383 e. The number of hydrogen-bond acceptors (Lipinski definition) is 4. The lowest BCUT2D eigenvalue weighted by Gasteiger charge is -2.22. The summed E-state index contributed by atoms with van der Waals surface area (Å²) in [6.45, 7) is 1.65. The summed E-state index contributed by atoms with van der Waals surface area (Å²) in [4.78, 5) is 42.1. The van der Waals surface area contributed by atoms with Gasteiger partial charge in [-0.3, -0.25) is 19.3 Å². The molecule has 0 fully saturated rings. The van der Waals surface area contributed by atoms with Crippen LogP contribution in [0.25, 0.3) is 0 Å². The average Bonchev–Trinajstić information content (AvgIpc) is 3.11. The van der Waals surface area contributed by atoms with Crippen molar-refractivity contribution in [1.82, 2.24) is 9.80 Å². The summed E-state index contributed by atoms with van der Waals surface area (Å²) in [5, 5.41) is 0. The molecule has 1 aliphatic heterocycles. The molecule has 0 N–H and O–H groups in total. The Bertz CT molecular complexity index is 1160. The molecule has 1 heterocycles. The Kier molecular flexibility index (Phi) is 7.50. The van der Waals surface area contributed by atoms with Gasteiger partial charge in [0.25, 0.3) is 17.7 Å². The number of ether oxygens (including phenoxy) is 1. The molecular weight excluding hydrogens is 428 g/mol. The highest BCUT2D eigenvalue weighted by Gasteiger charge is 2.36. The van der Waals surface area contributed by atoms with Crippen molar-refractivity contribution in [2.24, 2.45) is 0 Å². The van der Waals surface area contributed by atoms with Gasteiger partial charge in [-0.15, -0.1) is 0 Å². The first kappa shape index (κ1) is 23.4. The minimum Gasteiger partial charge on any atom is -0.383 e. The highest BCUT2D eigenvalue weighted by atomic mass is 16.5. The minimum atomic E-state index is -0.369. The van der Waals surface area contributed by atoms with Gasteiger partial charge in [0.1, 0.15) is 0 Å². The van der Waals surface area contributed by atoms with Crippen molar-refractivity contribution >= 4 is 17.7 Å². The van der Waals surface area contributed by atoms with E-state index in [0.717, 1.165) is 18.4 Å². The molecule has 0 aromatic heterocycles. The predicted molar refractivity (Wildman–Crippen MR) is 130 cm³/mol. The fraction of sp³-hybridized carbons (Fsp3) is 0.250. The third-order valence-electron chi connectivity index (χ3n) is 5.99. The Balaban J connectivity index is 1.48. The van der Waals surface area contributed by atoms with Gasteiger partial charge in [-0.1, -0.05) is 60.7 Å². The molecule has 0 radical (unpaired) electrons. The van der Waals surface area contributed by atoms with Gasteiger partial charge in [0, 0.05) is 25.8 Å². The van der Waals surface area contributed by atoms with Crippen LogP contribution in [-0.4, -0.2) is 54.3 Å². The van der Waals surface area contributed by atoms with Crippen molar-refractivity contribution in [3.05, 3.63) is 107 Å². The fourth-order valence-corrected chi connectivity index (χ4v) is 4.15. The molecule has 4 rings (SSSR count). The molecule has 0 aliphatic carbocycles. The maximum Gasteiger partial charge on any atom is 0.261 e. The Hall–Kier alpha value is -3.77. The van der Waals surface area contributed by atoms with Gasteiger partial charge in [-0.25, -0.2) is 0 Å². The Morgan fingerprint density at radius 1 is 0.824 bits per heavy atom. The number of carbonyl (C=O) groups excluding carboxylic acids is 3. The van der Waals surface area contributed by atoms with Crippen molar-refractivity contribution in [3.8, 4) is 0 Å². The number of nitrogens with zero attached hydrogens (tertiary/aromatic N) is 2.